The molecule has 0 aliphatic carbocycles. The number of esters is 3. The fraction of sp³-hybridized carbons (Fsp3) is 0.757. The molecule has 0 N–H and O–H groups in total. The van der Waals surface area contributed by atoms with Crippen LogP contribution in [-0.4, -0.2) is 152 Å². The summed E-state index contributed by atoms with van der Waals surface area (Å²) < 4.78 is 30.5. The molecule has 0 amide bonds. The zero-order valence-corrected chi connectivity index (χ0v) is 31.9. The van der Waals surface area contributed by atoms with Gasteiger partial charge in [-0.15, -0.1) is 0 Å². The molecule has 0 spiro atoms. The van der Waals surface area contributed by atoms with E-state index in [0.29, 0.717) is 26.4 Å². The van der Waals surface area contributed by atoms with E-state index in [2.05, 4.69) is 47.7 Å². The summed E-state index contributed by atoms with van der Waals surface area (Å²) in [6.07, 6.45) is 3.28. The SMILES string of the molecule is CCOC[C@]1(C)CC(C(=O)OC)CN1C.COC[C@]1(C)CC(C(=O)OC)CN1C.COC[C@]1(Cc2ccccc2)CC(C(=O)OC)CN1C. The monoisotopic (exact) mass is 693 g/mol. The minimum atomic E-state index is -0.130. The summed E-state index contributed by atoms with van der Waals surface area (Å²) in [4.78, 5) is 41.2. The summed E-state index contributed by atoms with van der Waals surface area (Å²) in [6.45, 7) is 11.1. The molecule has 49 heavy (non-hydrogen) atoms. The maximum absolute atomic E-state index is 11.8. The predicted molar refractivity (Wildman–Crippen MR) is 188 cm³/mol. The van der Waals surface area contributed by atoms with Crippen molar-refractivity contribution in [3.63, 3.8) is 0 Å². The van der Waals surface area contributed by atoms with Crippen LogP contribution in [0.15, 0.2) is 30.3 Å². The molecule has 3 heterocycles. The molecule has 280 valence electrons. The Balaban J connectivity index is 0.000000261. The first-order valence-electron chi connectivity index (χ1n) is 17.1. The number of carbonyl (C=O) groups is 3. The van der Waals surface area contributed by atoms with Crippen molar-refractivity contribution >= 4 is 17.9 Å². The third-order valence-corrected chi connectivity index (χ3v) is 10.6. The fourth-order valence-corrected chi connectivity index (χ4v) is 7.42. The highest BCUT2D eigenvalue weighted by molar-refractivity contribution is 5.74. The van der Waals surface area contributed by atoms with E-state index in [0.717, 1.165) is 45.3 Å². The molecule has 1 aromatic rings. The number of likely N-dealkylation sites (N-methyl/N-ethyl adjacent to an activating group) is 3. The lowest BCUT2D eigenvalue weighted by Crippen LogP contribution is -2.47. The topological polar surface area (TPSA) is 116 Å². The summed E-state index contributed by atoms with van der Waals surface area (Å²) in [6, 6.07) is 10.3. The van der Waals surface area contributed by atoms with Gasteiger partial charge in [-0.2, -0.15) is 0 Å². The van der Waals surface area contributed by atoms with Gasteiger partial charge in [0.05, 0.1) is 58.9 Å². The van der Waals surface area contributed by atoms with Gasteiger partial charge < -0.3 is 28.4 Å². The second-order valence-electron chi connectivity index (χ2n) is 14.3. The number of hydrogen-bond donors (Lipinski definition) is 0. The van der Waals surface area contributed by atoms with Crippen LogP contribution in [0.4, 0.5) is 0 Å². The number of likely N-dealkylation sites (tertiary alicyclic amines) is 3. The summed E-state index contributed by atoms with van der Waals surface area (Å²) in [7, 11) is 13.8. The van der Waals surface area contributed by atoms with Gasteiger partial charge >= 0.3 is 17.9 Å². The Morgan fingerprint density at radius 1 is 0.653 bits per heavy atom. The Kier molecular flexibility index (Phi) is 17.1. The molecule has 0 aromatic heterocycles. The molecule has 6 atom stereocenters. The van der Waals surface area contributed by atoms with E-state index >= 15 is 0 Å². The highest BCUT2D eigenvalue weighted by Crippen LogP contribution is 2.36. The zero-order chi connectivity index (χ0) is 36.8. The summed E-state index contributed by atoms with van der Waals surface area (Å²) in [5.41, 5.74) is 1.07. The minimum absolute atomic E-state index is 0.00884. The molecule has 3 unspecified atom stereocenters. The molecule has 0 radical (unpaired) electrons. The van der Waals surface area contributed by atoms with Crippen molar-refractivity contribution in [2.45, 2.75) is 63.1 Å². The molecule has 3 aliphatic heterocycles. The molecule has 0 bridgehead atoms. The van der Waals surface area contributed by atoms with E-state index in [9.17, 15) is 14.4 Å². The van der Waals surface area contributed by atoms with E-state index < -0.39 is 0 Å². The zero-order valence-electron chi connectivity index (χ0n) is 31.9. The third kappa shape index (κ3) is 11.5. The normalized spacial score (nSPS) is 30.1. The van der Waals surface area contributed by atoms with Crippen LogP contribution in [0.3, 0.4) is 0 Å². The largest absolute Gasteiger partial charge is 0.469 e. The predicted octanol–water partition coefficient (Wildman–Crippen LogP) is 3.16. The number of benzene rings is 1. The van der Waals surface area contributed by atoms with Crippen molar-refractivity contribution < 1.29 is 42.8 Å². The van der Waals surface area contributed by atoms with Gasteiger partial charge in [0.15, 0.2) is 0 Å². The number of nitrogens with zero attached hydrogens (tertiary/aromatic N) is 3. The van der Waals surface area contributed by atoms with E-state index in [1.165, 1.54) is 26.9 Å². The van der Waals surface area contributed by atoms with Crippen molar-refractivity contribution in [1.29, 1.82) is 0 Å². The van der Waals surface area contributed by atoms with E-state index in [4.69, 9.17) is 28.4 Å². The quantitative estimate of drug-likeness (QED) is 0.237. The maximum Gasteiger partial charge on any atom is 0.310 e. The average Bonchev–Trinajstić information content (AvgIpc) is 3.69. The van der Waals surface area contributed by atoms with Gasteiger partial charge in [0.2, 0.25) is 0 Å². The van der Waals surface area contributed by atoms with Crippen LogP contribution in [0.5, 0.6) is 0 Å². The first kappa shape index (κ1) is 42.6. The number of carbonyl (C=O) groups excluding carboxylic acids is 3. The number of rotatable bonds is 12. The van der Waals surface area contributed by atoms with Gasteiger partial charge in [0, 0.05) is 57.1 Å². The highest BCUT2D eigenvalue weighted by atomic mass is 16.5. The Labute approximate surface area is 294 Å². The molecule has 3 aliphatic rings. The van der Waals surface area contributed by atoms with E-state index in [-0.39, 0.29) is 52.3 Å². The summed E-state index contributed by atoms with van der Waals surface area (Å²) in [5.74, 6) is -0.430. The first-order valence-corrected chi connectivity index (χ1v) is 17.1. The van der Waals surface area contributed by atoms with Crippen LogP contribution in [-0.2, 0) is 49.2 Å². The average molecular weight is 694 g/mol. The van der Waals surface area contributed by atoms with Crippen LogP contribution < -0.4 is 0 Å². The Morgan fingerprint density at radius 3 is 1.51 bits per heavy atom. The summed E-state index contributed by atoms with van der Waals surface area (Å²) in [5, 5.41) is 0. The van der Waals surface area contributed by atoms with Gasteiger partial charge in [-0.3, -0.25) is 29.1 Å². The van der Waals surface area contributed by atoms with Gasteiger partial charge in [-0.25, -0.2) is 0 Å². The van der Waals surface area contributed by atoms with Crippen molar-refractivity contribution in [3.8, 4) is 0 Å². The minimum Gasteiger partial charge on any atom is -0.469 e. The molecule has 3 saturated heterocycles. The van der Waals surface area contributed by atoms with Crippen LogP contribution in [0.25, 0.3) is 0 Å². The second-order valence-corrected chi connectivity index (χ2v) is 14.3. The molecule has 0 saturated carbocycles. The van der Waals surface area contributed by atoms with Gasteiger partial charge in [0.25, 0.3) is 0 Å². The maximum atomic E-state index is 11.8. The molecule has 3 fully saturated rings. The van der Waals surface area contributed by atoms with Crippen molar-refractivity contribution in [3.05, 3.63) is 35.9 Å². The standard InChI is InChI=1S/C16H23NO3.C11H21NO3.C10H19NO3/c1-17-11-14(15(18)20-3)10-16(17,12-19-2)9-13-7-5-4-6-8-13;1-5-15-8-11(2)6-9(7-12(11)3)10(13)14-4;1-10(7-13-3)5-8(6-11(10)2)9(12)14-4/h4-8,14H,9-12H2,1-3H3;9H,5-8H2,1-4H3;8H,5-7H2,1-4H3/t14?,16-;9?,11-;8?,10-/m000/s1. The van der Waals surface area contributed by atoms with Crippen LogP contribution in [0.1, 0.15) is 45.6 Å². The van der Waals surface area contributed by atoms with Gasteiger partial charge in [-0.05, 0) is 73.2 Å². The third-order valence-electron chi connectivity index (χ3n) is 10.6. The molecular formula is C37H63N3O9. The van der Waals surface area contributed by atoms with E-state index in [1.807, 2.05) is 39.2 Å². The molecule has 12 heteroatoms. The van der Waals surface area contributed by atoms with Gasteiger partial charge in [-0.1, -0.05) is 30.3 Å². The summed E-state index contributed by atoms with van der Waals surface area (Å²) >= 11 is 0. The molecular weight excluding hydrogens is 630 g/mol. The van der Waals surface area contributed by atoms with Gasteiger partial charge in [0.1, 0.15) is 0 Å². The number of ether oxygens (including phenoxy) is 6. The lowest BCUT2D eigenvalue weighted by Gasteiger charge is -2.35. The van der Waals surface area contributed by atoms with Crippen molar-refractivity contribution in [1.82, 2.24) is 14.7 Å². The second kappa shape index (κ2) is 19.7. The lowest BCUT2D eigenvalue weighted by molar-refractivity contribution is -0.145. The number of methoxy groups -OCH3 is 5. The first-order chi connectivity index (χ1) is 23.2. The van der Waals surface area contributed by atoms with Crippen molar-refractivity contribution in [2.75, 3.05) is 103 Å². The highest BCUT2D eigenvalue weighted by Gasteiger charge is 2.47. The Morgan fingerprint density at radius 2 is 1.08 bits per heavy atom. The Bertz CT molecular complexity index is 1170. The fourth-order valence-electron chi connectivity index (χ4n) is 7.42. The van der Waals surface area contributed by atoms with Crippen LogP contribution in [0.2, 0.25) is 0 Å². The Hall–Kier alpha value is -2.61. The van der Waals surface area contributed by atoms with Crippen LogP contribution in [0, 0.1) is 17.8 Å². The van der Waals surface area contributed by atoms with E-state index in [1.54, 1.807) is 14.2 Å². The smallest absolute Gasteiger partial charge is 0.310 e. The number of hydrogen-bond acceptors (Lipinski definition) is 12. The molecule has 4 rings (SSSR count). The van der Waals surface area contributed by atoms with Crippen LogP contribution >= 0.6 is 0 Å². The lowest BCUT2D eigenvalue weighted by atomic mass is 9.86. The molecule has 1 aromatic carbocycles. The molecule has 12 nitrogen and oxygen atoms in total. The van der Waals surface area contributed by atoms with Crippen molar-refractivity contribution in [2.24, 2.45) is 17.8 Å².